The molecule has 0 unspecified atom stereocenters. The van der Waals surface area contributed by atoms with Crippen LogP contribution in [0.5, 0.6) is 0 Å². The highest BCUT2D eigenvalue weighted by Gasteiger charge is 2.07. The Labute approximate surface area is 166 Å². The van der Waals surface area contributed by atoms with E-state index in [0.717, 1.165) is 21.5 Å². The summed E-state index contributed by atoms with van der Waals surface area (Å²) < 4.78 is 1.04. The number of guanidine groups is 1. The van der Waals surface area contributed by atoms with E-state index in [1.165, 1.54) is 4.88 Å². The van der Waals surface area contributed by atoms with Gasteiger partial charge in [-0.3, -0.25) is 4.79 Å². The molecule has 0 spiro atoms. The molecule has 8 heteroatoms. The standard InChI is InChI=1S/C18H24BrN5OS/c1-4-15-10-20-16(26-15)11-22-18(23-12-17(25)24(2)3)21-9-13-5-7-14(19)8-6-13/h5-8,10H,4,9,11-12H2,1-3H3,(H2,21,22,23). The Morgan fingerprint density at radius 3 is 2.62 bits per heavy atom. The van der Waals surface area contributed by atoms with Gasteiger partial charge in [0.2, 0.25) is 5.91 Å². The molecule has 2 aromatic rings. The zero-order valence-corrected chi connectivity index (χ0v) is 17.7. The summed E-state index contributed by atoms with van der Waals surface area (Å²) in [5.41, 5.74) is 1.09. The molecule has 0 saturated heterocycles. The van der Waals surface area contributed by atoms with Crippen LogP contribution in [0.4, 0.5) is 0 Å². The van der Waals surface area contributed by atoms with Crippen molar-refractivity contribution in [1.82, 2.24) is 20.5 Å². The van der Waals surface area contributed by atoms with E-state index in [2.05, 4.69) is 43.5 Å². The molecule has 0 aliphatic heterocycles. The van der Waals surface area contributed by atoms with Crippen molar-refractivity contribution in [1.29, 1.82) is 0 Å². The van der Waals surface area contributed by atoms with Crippen LogP contribution in [0.25, 0.3) is 0 Å². The summed E-state index contributed by atoms with van der Waals surface area (Å²) in [6.07, 6.45) is 2.89. The highest BCUT2D eigenvalue weighted by atomic mass is 79.9. The topological polar surface area (TPSA) is 69.6 Å². The van der Waals surface area contributed by atoms with Crippen LogP contribution in [-0.4, -0.2) is 42.4 Å². The van der Waals surface area contributed by atoms with Gasteiger partial charge in [0.1, 0.15) is 5.01 Å². The smallest absolute Gasteiger partial charge is 0.241 e. The Morgan fingerprint density at radius 2 is 2.00 bits per heavy atom. The van der Waals surface area contributed by atoms with Crippen LogP contribution >= 0.6 is 27.3 Å². The average Bonchev–Trinajstić information content (AvgIpc) is 3.10. The van der Waals surface area contributed by atoms with Gasteiger partial charge in [-0.2, -0.15) is 0 Å². The van der Waals surface area contributed by atoms with E-state index < -0.39 is 0 Å². The van der Waals surface area contributed by atoms with Gasteiger partial charge in [0.25, 0.3) is 0 Å². The number of aliphatic imine (C=N–C) groups is 1. The van der Waals surface area contributed by atoms with Crippen molar-refractivity contribution < 1.29 is 4.79 Å². The number of amides is 1. The van der Waals surface area contributed by atoms with E-state index in [4.69, 9.17) is 0 Å². The molecule has 1 amide bonds. The number of aryl methyl sites for hydroxylation is 1. The van der Waals surface area contributed by atoms with Crippen molar-refractivity contribution in [2.45, 2.75) is 26.4 Å². The number of rotatable bonds is 7. The summed E-state index contributed by atoms with van der Waals surface area (Å²) in [7, 11) is 3.47. The molecule has 0 aliphatic rings. The number of nitrogens with one attached hydrogen (secondary N) is 2. The van der Waals surface area contributed by atoms with Gasteiger partial charge in [0.15, 0.2) is 5.96 Å². The molecule has 0 saturated carbocycles. The van der Waals surface area contributed by atoms with Gasteiger partial charge in [-0.25, -0.2) is 9.98 Å². The van der Waals surface area contributed by atoms with Crippen molar-refractivity contribution in [3.05, 3.63) is 50.4 Å². The number of carbonyl (C=O) groups excluding carboxylic acids is 1. The molecule has 1 heterocycles. The molecule has 1 aromatic heterocycles. The second-order valence-corrected chi connectivity index (χ2v) is 7.98. The Hall–Kier alpha value is -1.93. The van der Waals surface area contributed by atoms with Crippen molar-refractivity contribution >= 4 is 39.1 Å². The number of nitrogens with zero attached hydrogens (tertiary/aromatic N) is 3. The van der Waals surface area contributed by atoms with Crippen molar-refractivity contribution in [3.63, 3.8) is 0 Å². The molecule has 0 fully saturated rings. The lowest BCUT2D eigenvalue weighted by atomic mass is 10.2. The molecule has 0 atom stereocenters. The minimum atomic E-state index is -0.00865. The monoisotopic (exact) mass is 437 g/mol. The lowest BCUT2D eigenvalue weighted by Crippen LogP contribution is -2.42. The third-order valence-electron chi connectivity index (χ3n) is 3.60. The number of carbonyl (C=O) groups is 1. The zero-order valence-electron chi connectivity index (χ0n) is 15.3. The Morgan fingerprint density at radius 1 is 1.27 bits per heavy atom. The maximum absolute atomic E-state index is 11.8. The van der Waals surface area contributed by atoms with Crippen LogP contribution in [-0.2, 0) is 24.3 Å². The number of thiazole rings is 1. The van der Waals surface area contributed by atoms with Crippen LogP contribution in [0.1, 0.15) is 22.4 Å². The van der Waals surface area contributed by atoms with Crippen LogP contribution in [0.15, 0.2) is 39.9 Å². The summed E-state index contributed by atoms with van der Waals surface area (Å²) in [6.45, 7) is 3.41. The maximum atomic E-state index is 11.8. The molecule has 0 aliphatic carbocycles. The van der Waals surface area contributed by atoms with Gasteiger partial charge in [-0.15, -0.1) is 11.3 Å². The van der Waals surface area contributed by atoms with Crippen molar-refractivity contribution in [3.8, 4) is 0 Å². The van der Waals surface area contributed by atoms with Crippen molar-refractivity contribution in [2.24, 2.45) is 4.99 Å². The van der Waals surface area contributed by atoms with Gasteiger partial charge < -0.3 is 15.5 Å². The lowest BCUT2D eigenvalue weighted by molar-refractivity contribution is -0.127. The van der Waals surface area contributed by atoms with Gasteiger partial charge in [0.05, 0.1) is 19.6 Å². The molecule has 0 bridgehead atoms. The summed E-state index contributed by atoms with van der Waals surface area (Å²) >= 11 is 5.11. The Kier molecular flexibility index (Phi) is 8.06. The molecule has 2 rings (SSSR count). The molecular formula is C18H24BrN5OS. The molecular weight excluding hydrogens is 414 g/mol. The second kappa shape index (κ2) is 10.3. The fraction of sp³-hybridized carbons (Fsp3) is 0.389. The van der Waals surface area contributed by atoms with Crippen LogP contribution in [0.2, 0.25) is 0 Å². The summed E-state index contributed by atoms with van der Waals surface area (Å²) in [5, 5.41) is 7.34. The van der Waals surface area contributed by atoms with Crippen molar-refractivity contribution in [2.75, 3.05) is 20.6 Å². The summed E-state index contributed by atoms with van der Waals surface area (Å²) in [6, 6.07) is 8.01. The predicted molar refractivity (Wildman–Crippen MR) is 110 cm³/mol. The highest BCUT2D eigenvalue weighted by Crippen LogP contribution is 2.13. The van der Waals surface area contributed by atoms with Gasteiger partial charge in [0, 0.05) is 29.6 Å². The lowest BCUT2D eigenvalue weighted by Gasteiger charge is -2.14. The largest absolute Gasteiger partial charge is 0.350 e. The average molecular weight is 438 g/mol. The summed E-state index contributed by atoms with van der Waals surface area (Å²) in [4.78, 5) is 23.6. The van der Waals surface area contributed by atoms with E-state index >= 15 is 0 Å². The summed E-state index contributed by atoms with van der Waals surface area (Å²) in [5.74, 6) is 0.585. The predicted octanol–water partition coefficient (Wildman–Crippen LogP) is 2.79. The molecule has 26 heavy (non-hydrogen) atoms. The van der Waals surface area contributed by atoms with E-state index in [9.17, 15) is 4.79 Å². The van der Waals surface area contributed by atoms with E-state index in [0.29, 0.717) is 19.0 Å². The number of likely N-dealkylation sites (N-methyl/N-ethyl adjacent to an activating group) is 1. The first kappa shape index (κ1) is 20.4. The number of aromatic nitrogens is 1. The normalized spacial score (nSPS) is 11.3. The number of halogens is 1. The van der Waals surface area contributed by atoms with Gasteiger partial charge in [-0.1, -0.05) is 35.0 Å². The molecule has 6 nitrogen and oxygen atoms in total. The Bertz CT molecular complexity index is 742. The highest BCUT2D eigenvalue weighted by molar-refractivity contribution is 9.10. The molecule has 1 aromatic carbocycles. The quantitative estimate of drug-likeness (QED) is 0.515. The minimum Gasteiger partial charge on any atom is -0.350 e. The Balaban J connectivity index is 2.00. The van der Waals surface area contributed by atoms with Crippen LogP contribution in [0.3, 0.4) is 0 Å². The van der Waals surface area contributed by atoms with E-state index in [-0.39, 0.29) is 12.5 Å². The van der Waals surface area contributed by atoms with Crippen LogP contribution < -0.4 is 10.6 Å². The fourth-order valence-electron chi connectivity index (χ4n) is 2.00. The first-order valence-corrected chi connectivity index (χ1v) is 9.99. The molecule has 140 valence electrons. The van der Waals surface area contributed by atoms with E-state index in [1.807, 2.05) is 30.5 Å². The second-order valence-electron chi connectivity index (χ2n) is 5.86. The number of benzene rings is 1. The third-order valence-corrected chi connectivity index (χ3v) is 5.27. The molecule has 2 N–H and O–H groups in total. The maximum Gasteiger partial charge on any atom is 0.241 e. The van der Waals surface area contributed by atoms with Crippen LogP contribution in [0, 0.1) is 0 Å². The number of hydrogen-bond donors (Lipinski definition) is 2. The SMILES string of the molecule is CCc1cnc(CNC(=NCc2ccc(Br)cc2)NCC(=O)N(C)C)s1. The van der Waals surface area contributed by atoms with Gasteiger partial charge in [-0.05, 0) is 24.1 Å². The first-order chi connectivity index (χ1) is 12.5. The fourth-order valence-corrected chi connectivity index (χ4v) is 3.07. The first-order valence-electron chi connectivity index (χ1n) is 8.38. The number of hydrogen-bond acceptors (Lipinski definition) is 4. The zero-order chi connectivity index (χ0) is 18.9. The van der Waals surface area contributed by atoms with E-state index in [1.54, 1.807) is 30.3 Å². The third kappa shape index (κ3) is 6.76. The van der Waals surface area contributed by atoms with Gasteiger partial charge >= 0.3 is 0 Å². The molecule has 0 radical (unpaired) electrons. The minimum absolute atomic E-state index is 0.00865.